The summed E-state index contributed by atoms with van der Waals surface area (Å²) < 4.78 is 4.89. The minimum Gasteiger partial charge on any atom is -0.452 e. The number of rotatable bonds is 8. The molecule has 2 rings (SSSR count). The highest BCUT2D eigenvalue weighted by atomic mass is 16.5. The fourth-order valence-corrected chi connectivity index (χ4v) is 2.53. The molecular formula is C19H21N3O6. The first-order valence-corrected chi connectivity index (χ1v) is 8.59. The number of carbonyl (C=O) groups excluding carboxylic acids is 5. The number of imide groups is 1. The van der Waals surface area contributed by atoms with Gasteiger partial charge in [-0.1, -0.05) is 6.08 Å². The molecule has 0 aliphatic carbocycles. The lowest BCUT2D eigenvalue weighted by Gasteiger charge is -2.10. The van der Waals surface area contributed by atoms with Gasteiger partial charge in [-0.15, -0.1) is 6.58 Å². The number of fused-ring (bicyclic) bond motifs is 1. The van der Waals surface area contributed by atoms with Gasteiger partial charge in [-0.25, -0.2) is 4.79 Å². The molecule has 148 valence electrons. The number of esters is 1. The fourth-order valence-electron chi connectivity index (χ4n) is 2.53. The molecule has 9 nitrogen and oxygen atoms in total. The number of benzene rings is 1. The van der Waals surface area contributed by atoms with Crippen molar-refractivity contribution in [2.24, 2.45) is 0 Å². The molecule has 2 N–H and O–H groups in total. The molecule has 1 heterocycles. The van der Waals surface area contributed by atoms with E-state index in [9.17, 15) is 24.0 Å². The lowest BCUT2D eigenvalue weighted by molar-refractivity contribution is -0.128. The average molecular weight is 387 g/mol. The van der Waals surface area contributed by atoms with Crippen LogP contribution in [0.3, 0.4) is 0 Å². The van der Waals surface area contributed by atoms with E-state index in [1.807, 2.05) is 0 Å². The van der Waals surface area contributed by atoms with Gasteiger partial charge in [0.05, 0.1) is 23.2 Å². The van der Waals surface area contributed by atoms with Crippen molar-refractivity contribution in [2.45, 2.75) is 19.9 Å². The number of ether oxygens (including phenoxy) is 1. The maximum absolute atomic E-state index is 12.3. The van der Waals surface area contributed by atoms with E-state index in [-0.39, 0.29) is 41.7 Å². The van der Waals surface area contributed by atoms with Crippen LogP contribution in [-0.2, 0) is 14.3 Å². The minimum atomic E-state index is -0.827. The summed E-state index contributed by atoms with van der Waals surface area (Å²) in [6.45, 7) is 6.32. The Hall–Kier alpha value is -3.49. The Labute approximate surface area is 161 Å². The van der Waals surface area contributed by atoms with Gasteiger partial charge in [0.1, 0.15) is 0 Å². The molecule has 0 saturated carbocycles. The summed E-state index contributed by atoms with van der Waals surface area (Å²) in [5.74, 6) is -2.81. The third-order valence-electron chi connectivity index (χ3n) is 3.75. The smallest absolute Gasteiger partial charge is 0.338 e. The molecule has 4 amide bonds. The molecule has 1 aromatic carbocycles. The lowest BCUT2D eigenvalue weighted by Crippen LogP contribution is -2.41. The van der Waals surface area contributed by atoms with Crippen molar-refractivity contribution < 1.29 is 28.7 Å². The van der Waals surface area contributed by atoms with Crippen LogP contribution in [0.1, 0.15) is 44.9 Å². The maximum Gasteiger partial charge on any atom is 0.338 e. The summed E-state index contributed by atoms with van der Waals surface area (Å²) in [4.78, 5) is 60.7. The molecule has 0 bridgehead atoms. The molecule has 0 aromatic heterocycles. The molecular weight excluding hydrogens is 366 g/mol. The number of nitrogens with zero attached hydrogens (tertiary/aromatic N) is 1. The van der Waals surface area contributed by atoms with E-state index in [1.165, 1.54) is 24.3 Å². The Bertz CT molecular complexity index is 846. The van der Waals surface area contributed by atoms with Gasteiger partial charge in [0.25, 0.3) is 17.7 Å². The third-order valence-corrected chi connectivity index (χ3v) is 3.75. The SMILES string of the molecule is C=CCN1C(=O)c2ccc(C(=O)OCC(=O)NCC(=O)NC(C)C)cc2C1=O. The number of hydrogen-bond donors (Lipinski definition) is 2. The van der Waals surface area contributed by atoms with Crippen LogP contribution >= 0.6 is 0 Å². The first-order valence-electron chi connectivity index (χ1n) is 8.59. The van der Waals surface area contributed by atoms with Gasteiger partial charge in [0, 0.05) is 12.6 Å². The number of hydrogen-bond acceptors (Lipinski definition) is 6. The summed E-state index contributed by atoms with van der Waals surface area (Å²) in [6.07, 6.45) is 1.43. The molecule has 1 aliphatic rings. The molecule has 0 spiro atoms. The molecule has 9 heteroatoms. The predicted molar refractivity (Wildman–Crippen MR) is 98.6 cm³/mol. The van der Waals surface area contributed by atoms with Gasteiger partial charge in [-0.05, 0) is 32.0 Å². The maximum atomic E-state index is 12.3. The molecule has 0 radical (unpaired) electrons. The normalized spacial score (nSPS) is 12.6. The lowest BCUT2D eigenvalue weighted by atomic mass is 10.1. The van der Waals surface area contributed by atoms with Gasteiger partial charge < -0.3 is 15.4 Å². The average Bonchev–Trinajstić information content (AvgIpc) is 2.88. The van der Waals surface area contributed by atoms with E-state index in [2.05, 4.69) is 17.2 Å². The van der Waals surface area contributed by atoms with Crippen molar-refractivity contribution in [1.82, 2.24) is 15.5 Å². The Morgan fingerprint density at radius 2 is 1.82 bits per heavy atom. The Kier molecular flexibility index (Phi) is 6.64. The number of amides is 4. The Morgan fingerprint density at radius 1 is 1.14 bits per heavy atom. The molecule has 1 aromatic rings. The van der Waals surface area contributed by atoms with Crippen LogP contribution in [0, 0.1) is 0 Å². The van der Waals surface area contributed by atoms with E-state index in [0.29, 0.717) is 0 Å². The van der Waals surface area contributed by atoms with E-state index in [0.717, 1.165) is 4.90 Å². The number of carbonyl (C=O) groups is 5. The third kappa shape index (κ3) is 4.81. The van der Waals surface area contributed by atoms with Gasteiger partial charge in [0.2, 0.25) is 5.91 Å². The van der Waals surface area contributed by atoms with E-state index < -0.39 is 30.3 Å². The molecule has 0 saturated heterocycles. The van der Waals surface area contributed by atoms with E-state index in [4.69, 9.17) is 4.74 Å². The topological polar surface area (TPSA) is 122 Å². The summed E-state index contributed by atoms with van der Waals surface area (Å²) in [5, 5.41) is 4.93. The van der Waals surface area contributed by atoms with Crippen LogP contribution in [0.5, 0.6) is 0 Å². The second kappa shape index (κ2) is 8.94. The molecule has 28 heavy (non-hydrogen) atoms. The van der Waals surface area contributed by atoms with Crippen LogP contribution in [-0.4, -0.2) is 60.2 Å². The predicted octanol–water partition coefficient (Wildman–Crippen LogP) is 0.266. The monoisotopic (exact) mass is 387 g/mol. The molecule has 0 fully saturated rings. The highest BCUT2D eigenvalue weighted by Crippen LogP contribution is 2.24. The van der Waals surface area contributed by atoms with Crippen LogP contribution in [0.2, 0.25) is 0 Å². The van der Waals surface area contributed by atoms with Gasteiger partial charge in [-0.3, -0.25) is 24.1 Å². The van der Waals surface area contributed by atoms with Crippen molar-refractivity contribution in [3.05, 3.63) is 47.5 Å². The summed E-state index contributed by atoms with van der Waals surface area (Å²) in [6, 6.07) is 3.91. The fraction of sp³-hybridized carbons (Fsp3) is 0.316. The second-order valence-corrected chi connectivity index (χ2v) is 6.35. The number of nitrogens with one attached hydrogen (secondary N) is 2. The minimum absolute atomic E-state index is 0.0331. The largest absolute Gasteiger partial charge is 0.452 e. The van der Waals surface area contributed by atoms with Crippen LogP contribution in [0.25, 0.3) is 0 Å². The standard InChI is InChI=1S/C19H21N3O6/c1-4-7-22-17(25)13-6-5-12(8-14(13)18(22)26)19(27)28-10-16(24)20-9-15(23)21-11(2)3/h4-6,8,11H,1,7,9-10H2,2-3H3,(H,20,24)(H,21,23). The summed E-state index contributed by atoms with van der Waals surface area (Å²) in [5.41, 5.74) is 0.319. The van der Waals surface area contributed by atoms with Crippen LogP contribution in [0.4, 0.5) is 0 Å². The molecule has 0 unspecified atom stereocenters. The van der Waals surface area contributed by atoms with Crippen molar-refractivity contribution >= 4 is 29.6 Å². The highest BCUT2D eigenvalue weighted by molar-refractivity contribution is 6.22. The summed E-state index contributed by atoms with van der Waals surface area (Å²) in [7, 11) is 0. The first kappa shape index (κ1) is 20.8. The Balaban J connectivity index is 1.93. The zero-order valence-electron chi connectivity index (χ0n) is 15.6. The highest BCUT2D eigenvalue weighted by Gasteiger charge is 2.35. The van der Waals surface area contributed by atoms with E-state index >= 15 is 0 Å². The van der Waals surface area contributed by atoms with Gasteiger partial charge in [-0.2, -0.15) is 0 Å². The van der Waals surface area contributed by atoms with Gasteiger partial charge >= 0.3 is 5.97 Å². The first-order chi connectivity index (χ1) is 13.2. The van der Waals surface area contributed by atoms with E-state index in [1.54, 1.807) is 13.8 Å². The van der Waals surface area contributed by atoms with Crippen molar-refractivity contribution in [3.8, 4) is 0 Å². The van der Waals surface area contributed by atoms with Crippen LogP contribution < -0.4 is 10.6 Å². The zero-order valence-corrected chi connectivity index (χ0v) is 15.6. The van der Waals surface area contributed by atoms with Gasteiger partial charge in [0.15, 0.2) is 6.61 Å². The van der Waals surface area contributed by atoms with Crippen molar-refractivity contribution in [2.75, 3.05) is 19.7 Å². The quantitative estimate of drug-likeness (QED) is 0.375. The van der Waals surface area contributed by atoms with Crippen LogP contribution in [0.15, 0.2) is 30.9 Å². The Morgan fingerprint density at radius 3 is 2.46 bits per heavy atom. The molecule has 0 atom stereocenters. The zero-order chi connectivity index (χ0) is 20.8. The second-order valence-electron chi connectivity index (χ2n) is 6.35. The van der Waals surface area contributed by atoms with Crippen molar-refractivity contribution in [1.29, 1.82) is 0 Å². The molecule has 1 aliphatic heterocycles. The summed E-state index contributed by atoms with van der Waals surface area (Å²) >= 11 is 0. The van der Waals surface area contributed by atoms with Crippen molar-refractivity contribution in [3.63, 3.8) is 0 Å².